The van der Waals surface area contributed by atoms with E-state index in [0.717, 1.165) is 38.7 Å². The molecule has 9 heteroatoms. The van der Waals surface area contributed by atoms with Gasteiger partial charge in [0.25, 0.3) is 0 Å². The lowest BCUT2D eigenvalue weighted by Gasteiger charge is -2.11. The highest BCUT2D eigenvalue weighted by molar-refractivity contribution is 7.15. The van der Waals surface area contributed by atoms with Gasteiger partial charge in [-0.25, -0.2) is 4.98 Å². The van der Waals surface area contributed by atoms with E-state index in [0.29, 0.717) is 17.5 Å². The molecule has 0 radical (unpaired) electrons. The van der Waals surface area contributed by atoms with E-state index < -0.39 is 12.0 Å². The molecule has 8 nitrogen and oxygen atoms in total. The van der Waals surface area contributed by atoms with Crippen molar-refractivity contribution in [1.29, 1.82) is 0 Å². The smallest absolute Gasteiger partial charge is 0.306 e. The van der Waals surface area contributed by atoms with Crippen LogP contribution in [-0.2, 0) is 4.79 Å². The van der Waals surface area contributed by atoms with Crippen molar-refractivity contribution in [2.24, 2.45) is 4.99 Å². The first-order valence-corrected chi connectivity index (χ1v) is 11.3. The molecule has 4 aromatic rings. The lowest BCUT2D eigenvalue weighted by atomic mass is 9.98. The van der Waals surface area contributed by atoms with Crippen molar-refractivity contribution in [3.8, 4) is 16.3 Å². The van der Waals surface area contributed by atoms with E-state index in [2.05, 4.69) is 29.0 Å². The van der Waals surface area contributed by atoms with Crippen LogP contribution in [0.25, 0.3) is 16.3 Å². The number of pyridine rings is 1. The van der Waals surface area contributed by atoms with Crippen molar-refractivity contribution in [3.05, 3.63) is 75.7 Å². The van der Waals surface area contributed by atoms with Crippen molar-refractivity contribution in [1.82, 2.24) is 19.7 Å². The SMILES string of the molecule is Cc1sc2c(c1C)C(c1ccc(-c3cccc(N)n3)cc1)=N[C@@H](CC(=O)O)c1nnc(C)n1-2. The van der Waals surface area contributed by atoms with Gasteiger partial charge in [0.2, 0.25) is 0 Å². The highest BCUT2D eigenvalue weighted by Gasteiger charge is 2.32. The maximum Gasteiger partial charge on any atom is 0.306 e. The fraction of sp³-hybridized carbons (Fsp3) is 0.208. The maximum absolute atomic E-state index is 11.7. The van der Waals surface area contributed by atoms with Crippen LogP contribution in [0, 0.1) is 20.8 Å². The molecule has 0 bridgehead atoms. The second kappa shape index (κ2) is 7.93. The molecule has 1 aliphatic rings. The topological polar surface area (TPSA) is 119 Å². The van der Waals surface area contributed by atoms with E-state index in [1.54, 1.807) is 17.4 Å². The highest BCUT2D eigenvalue weighted by atomic mass is 32.1. The molecule has 33 heavy (non-hydrogen) atoms. The van der Waals surface area contributed by atoms with Crippen LogP contribution in [0.3, 0.4) is 0 Å². The molecule has 4 heterocycles. The summed E-state index contributed by atoms with van der Waals surface area (Å²) in [5.41, 5.74) is 11.3. The van der Waals surface area contributed by atoms with Crippen molar-refractivity contribution >= 4 is 28.8 Å². The Labute approximate surface area is 194 Å². The summed E-state index contributed by atoms with van der Waals surface area (Å²) in [4.78, 5) is 22.2. The minimum absolute atomic E-state index is 0.167. The Hall–Kier alpha value is -3.85. The van der Waals surface area contributed by atoms with Gasteiger partial charge in [0, 0.05) is 21.6 Å². The lowest BCUT2D eigenvalue weighted by Crippen LogP contribution is -2.10. The quantitative estimate of drug-likeness (QED) is 0.471. The average molecular weight is 459 g/mol. The van der Waals surface area contributed by atoms with E-state index in [1.807, 2.05) is 47.9 Å². The number of anilines is 1. The van der Waals surface area contributed by atoms with Crippen molar-refractivity contribution in [3.63, 3.8) is 0 Å². The summed E-state index contributed by atoms with van der Waals surface area (Å²) in [6.07, 6.45) is -0.167. The summed E-state index contributed by atoms with van der Waals surface area (Å²) in [7, 11) is 0. The average Bonchev–Trinajstić information content (AvgIpc) is 3.26. The zero-order valence-electron chi connectivity index (χ0n) is 18.4. The van der Waals surface area contributed by atoms with E-state index in [1.165, 1.54) is 4.88 Å². The third-order valence-electron chi connectivity index (χ3n) is 5.83. The van der Waals surface area contributed by atoms with E-state index in [-0.39, 0.29) is 6.42 Å². The number of carboxylic acid groups (broad SMARTS) is 1. The molecule has 166 valence electrons. The number of aliphatic imine (C=N–C) groups is 1. The van der Waals surface area contributed by atoms with Crippen LogP contribution in [0.5, 0.6) is 0 Å². The predicted molar refractivity (Wildman–Crippen MR) is 128 cm³/mol. The van der Waals surface area contributed by atoms with Crippen molar-refractivity contribution in [2.45, 2.75) is 33.2 Å². The number of hydrogen-bond acceptors (Lipinski definition) is 7. The molecule has 0 saturated carbocycles. The summed E-state index contributed by atoms with van der Waals surface area (Å²) in [5, 5.41) is 19.1. The zero-order chi connectivity index (χ0) is 23.3. The Morgan fingerprint density at radius 3 is 2.52 bits per heavy atom. The van der Waals surface area contributed by atoms with Crippen LogP contribution < -0.4 is 5.73 Å². The molecule has 1 aromatic carbocycles. The molecule has 3 aromatic heterocycles. The molecule has 1 atom stereocenters. The normalized spacial score (nSPS) is 14.9. The first kappa shape index (κ1) is 21.0. The molecule has 0 aliphatic carbocycles. The number of carboxylic acids is 1. The summed E-state index contributed by atoms with van der Waals surface area (Å²) >= 11 is 1.64. The Morgan fingerprint density at radius 2 is 1.82 bits per heavy atom. The zero-order valence-corrected chi connectivity index (χ0v) is 19.2. The summed E-state index contributed by atoms with van der Waals surface area (Å²) in [5.74, 6) is 0.792. The van der Waals surface area contributed by atoms with Crippen LogP contribution in [0.4, 0.5) is 5.82 Å². The van der Waals surface area contributed by atoms with Crippen molar-refractivity contribution in [2.75, 3.05) is 5.73 Å². The van der Waals surface area contributed by atoms with Crippen LogP contribution >= 0.6 is 11.3 Å². The summed E-state index contributed by atoms with van der Waals surface area (Å²) < 4.78 is 1.95. The molecule has 5 rings (SSSR count). The van der Waals surface area contributed by atoms with Gasteiger partial charge >= 0.3 is 5.97 Å². The van der Waals surface area contributed by atoms with Gasteiger partial charge < -0.3 is 10.8 Å². The number of carbonyl (C=O) groups is 1. The second-order valence-electron chi connectivity index (χ2n) is 8.02. The molecule has 0 amide bonds. The number of nitrogens with two attached hydrogens (primary N) is 1. The van der Waals surface area contributed by atoms with Gasteiger partial charge in [0.15, 0.2) is 5.82 Å². The van der Waals surface area contributed by atoms with Gasteiger partial charge in [0.1, 0.15) is 22.7 Å². The number of benzene rings is 1. The van der Waals surface area contributed by atoms with Gasteiger partial charge in [-0.3, -0.25) is 14.4 Å². The molecular weight excluding hydrogens is 436 g/mol. The van der Waals surface area contributed by atoms with Gasteiger partial charge in [0.05, 0.1) is 17.8 Å². The number of fused-ring (bicyclic) bond motifs is 3. The maximum atomic E-state index is 11.7. The van der Waals surface area contributed by atoms with E-state index in [4.69, 9.17) is 10.7 Å². The van der Waals surface area contributed by atoms with Crippen LogP contribution in [0.15, 0.2) is 47.5 Å². The fourth-order valence-electron chi connectivity index (χ4n) is 4.10. The first-order valence-electron chi connectivity index (χ1n) is 10.5. The predicted octanol–water partition coefficient (Wildman–Crippen LogP) is 4.27. The molecule has 0 unspecified atom stereocenters. The van der Waals surface area contributed by atoms with Gasteiger partial charge in [-0.1, -0.05) is 30.3 Å². The Balaban J connectivity index is 1.69. The number of nitrogen functional groups attached to an aromatic ring is 1. The number of hydrogen-bond donors (Lipinski definition) is 2. The number of aromatic nitrogens is 4. The summed E-state index contributed by atoms with van der Waals surface area (Å²) in [6.45, 7) is 6.03. The standard InChI is InChI=1S/C24H22N6O2S/c1-12-13(2)33-24-21(12)22(27-18(11-20(31)32)23-29-28-14(3)30(23)24)16-9-7-15(8-10-16)17-5-4-6-19(25)26-17/h4-10,18H,11H2,1-3H3,(H2,25,26)(H,31,32)/t18-/m0/s1. The van der Waals surface area contributed by atoms with E-state index >= 15 is 0 Å². The van der Waals surface area contributed by atoms with Gasteiger partial charge in [-0.2, -0.15) is 0 Å². The molecule has 1 aliphatic heterocycles. The minimum atomic E-state index is -0.934. The molecule has 0 spiro atoms. The van der Waals surface area contributed by atoms with Crippen LogP contribution in [-0.4, -0.2) is 36.5 Å². The largest absolute Gasteiger partial charge is 0.481 e. The molecular formula is C24H22N6O2S. The van der Waals surface area contributed by atoms with Gasteiger partial charge in [-0.15, -0.1) is 21.5 Å². The van der Waals surface area contributed by atoms with Crippen LogP contribution in [0.1, 0.15) is 45.7 Å². The van der Waals surface area contributed by atoms with E-state index in [9.17, 15) is 9.90 Å². The number of thiophene rings is 1. The minimum Gasteiger partial charge on any atom is -0.481 e. The number of nitrogens with zero attached hydrogens (tertiary/aromatic N) is 5. The third-order valence-corrected chi connectivity index (χ3v) is 7.02. The first-order chi connectivity index (χ1) is 15.8. The Bertz CT molecular complexity index is 1420. The Kier molecular flexibility index (Phi) is 5.05. The number of rotatable bonds is 4. The molecule has 3 N–H and O–H groups in total. The second-order valence-corrected chi connectivity index (χ2v) is 9.22. The number of aryl methyl sites for hydroxylation is 2. The highest BCUT2D eigenvalue weighted by Crippen LogP contribution is 2.39. The van der Waals surface area contributed by atoms with Gasteiger partial charge in [-0.05, 0) is 38.5 Å². The monoisotopic (exact) mass is 458 g/mol. The fourth-order valence-corrected chi connectivity index (χ4v) is 5.32. The van der Waals surface area contributed by atoms with Crippen molar-refractivity contribution < 1.29 is 9.90 Å². The summed E-state index contributed by atoms with van der Waals surface area (Å²) in [6, 6.07) is 12.8. The lowest BCUT2D eigenvalue weighted by molar-refractivity contribution is -0.137. The Morgan fingerprint density at radius 1 is 1.09 bits per heavy atom. The number of aliphatic carboxylic acids is 1. The third kappa shape index (κ3) is 3.60. The molecule has 0 fully saturated rings. The molecule has 0 saturated heterocycles. The van der Waals surface area contributed by atoms with Crippen LogP contribution in [0.2, 0.25) is 0 Å².